The zero-order chi connectivity index (χ0) is 13.7. The summed E-state index contributed by atoms with van der Waals surface area (Å²) in [5.74, 6) is -1.53. The van der Waals surface area contributed by atoms with Crippen molar-refractivity contribution in [3.63, 3.8) is 0 Å². The molecular formula is C12H21NO4S. The van der Waals surface area contributed by atoms with E-state index in [1.165, 1.54) is 13.3 Å². The van der Waals surface area contributed by atoms with Crippen molar-refractivity contribution in [1.29, 1.82) is 0 Å². The van der Waals surface area contributed by atoms with E-state index in [1.54, 1.807) is 11.9 Å². The Hall–Kier alpha value is -0.910. The maximum Gasteiger partial charge on any atom is 0.318 e. The lowest BCUT2D eigenvalue weighted by atomic mass is 9.94. The number of nitrogens with zero attached hydrogens (tertiary/aromatic N) is 1. The summed E-state index contributed by atoms with van der Waals surface area (Å²) in [6, 6.07) is 0.225. The summed E-state index contributed by atoms with van der Waals surface area (Å²) < 4.78 is 11.7. The Labute approximate surface area is 110 Å². The number of amides is 1. The van der Waals surface area contributed by atoms with Gasteiger partial charge in [0.15, 0.2) is 0 Å². The summed E-state index contributed by atoms with van der Waals surface area (Å²) in [6.07, 6.45) is 5.43. The summed E-state index contributed by atoms with van der Waals surface area (Å²) in [5, 5.41) is 7.74. The second-order valence-electron chi connectivity index (χ2n) is 4.80. The van der Waals surface area contributed by atoms with Crippen LogP contribution in [0.5, 0.6) is 0 Å². The molecule has 0 aromatic rings. The molecule has 1 fully saturated rings. The molecule has 1 aliphatic rings. The van der Waals surface area contributed by atoms with Gasteiger partial charge in [-0.05, 0) is 19.8 Å². The average Bonchev–Trinajstić information content (AvgIpc) is 2.37. The van der Waals surface area contributed by atoms with Gasteiger partial charge in [-0.3, -0.25) is 13.8 Å². The van der Waals surface area contributed by atoms with Crippen LogP contribution in [0.15, 0.2) is 0 Å². The molecule has 1 aliphatic carbocycles. The molecule has 0 aliphatic heterocycles. The van der Waals surface area contributed by atoms with E-state index in [0.29, 0.717) is 0 Å². The number of rotatable bonds is 5. The first-order chi connectivity index (χ1) is 8.43. The van der Waals surface area contributed by atoms with Crippen LogP contribution in [0.4, 0.5) is 0 Å². The van der Waals surface area contributed by atoms with Crippen LogP contribution < -0.4 is 0 Å². The van der Waals surface area contributed by atoms with Crippen molar-refractivity contribution in [3.05, 3.63) is 0 Å². The molecule has 6 heteroatoms. The fourth-order valence-corrected chi connectivity index (χ4v) is 3.05. The largest absolute Gasteiger partial charge is 0.480 e. The van der Waals surface area contributed by atoms with Gasteiger partial charge in [0.05, 0.1) is 0 Å². The van der Waals surface area contributed by atoms with E-state index in [0.717, 1.165) is 25.7 Å². The SMILES string of the molecule is CC(C(=O)O)S(=O)CC(=O)N(C)C1CCCCC1. The van der Waals surface area contributed by atoms with E-state index in [4.69, 9.17) is 5.11 Å². The topological polar surface area (TPSA) is 74.7 Å². The van der Waals surface area contributed by atoms with Gasteiger partial charge in [0.1, 0.15) is 11.0 Å². The second-order valence-corrected chi connectivity index (χ2v) is 6.56. The maximum absolute atomic E-state index is 11.9. The number of carbonyl (C=O) groups excluding carboxylic acids is 1. The number of aliphatic carboxylic acids is 1. The molecule has 0 bridgehead atoms. The summed E-state index contributed by atoms with van der Waals surface area (Å²) >= 11 is 0. The predicted molar refractivity (Wildman–Crippen MR) is 69.8 cm³/mol. The number of carboxylic acid groups (broad SMARTS) is 1. The summed E-state index contributed by atoms with van der Waals surface area (Å²) in [6.45, 7) is 1.37. The van der Waals surface area contributed by atoms with E-state index in [2.05, 4.69) is 0 Å². The molecule has 0 aromatic heterocycles. The quantitative estimate of drug-likeness (QED) is 0.812. The van der Waals surface area contributed by atoms with E-state index in [9.17, 15) is 13.8 Å². The number of hydrogen-bond donors (Lipinski definition) is 1. The Morgan fingerprint density at radius 1 is 1.33 bits per heavy atom. The molecule has 2 unspecified atom stereocenters. The van der Waals surface area contributed by atoms with Crippen molar-refractivity contribution in [2.24, 2.45) is 0 Å². The summed E-state index contributed by atoms with van der Waals surface area (Å²) in [7, 11) is 0.0824. The Bertz CT molecular complexity index is 339. The average molecular weight is 275 g/mol. The van der Waals surface area contributed by atoms with E-state index in [-0.39, 0.29) is 17.7 Å². The molecule has 1 N–H and O–H groups in total. The molecule has 1 saturated carbocycles. The van der Waals surface area contributed by atoms with E-state index in [1.807, 2.05) is 0 Å². The van der Waals surface area contributed by atoms with E-state index < -0.39 is 22.0 Å². The van der Waals surface area contributed by atoms with E-state index >= 15 is 0 Å². The van der Waals surface area contributed by atoms with Crippen molar-refractivity contribution >= 4 is 22.7 Å². The van der Waals surface area contributed by atoms with Gasteiger partial charge in [0.2, 0.25) is 5.91 Å². The third-order valence-electron chi connectivity index (χ3n) is 3.52. The Morgan fingerprint density at radius 2 is 1.89 bits per heavy atom. The zero-order valence-corrected chi connectivity index (χ0v) is 11.7. The lowest BCUT2D eigenvalue weighted by Crippen LogP contribution is -2.41. The van der Waals surface area contributed by atoms with Crippen LogP contribution in [-0.2, 0) is 20.4 Å². The minimum Gasteiger partial charge on any atom is -0.480 e. The van der Waals surface area contributed by atoms with Crippen LogP contribution in [0.25, 0.3) is 0 Å². The molecular weight excluding hydrogens is 254 g/mol. The highest BCUT2D eigenvalue weighted by molar-refractivity contribution is 7.87. The predicted octanol–water partition coefficient (Wildman–Crippen LogP) is 0.999. The van der Waals surface area contributed by atoms with Crippen LogP contribution in [0.3, 0.4) is 0 Å². The first-order valence-corrected chi connectivity index (χ1v) is 7.67. The third-order valence-corrected chi connectivity index (χ3v) is 5.05. The lowest BCUT2D eigenvalue weighted by Gasteiger charge is -2.31. The summed E-state index contributed by atoms with van der Waals surface area (Å²) in [4.78, 5) is 24.2. The van der Waals surface area contributed by atoms with Gasteiger partial charge in [0, 0.05) is 23.9 Å². The second kappa shape index (κ2) is 6.87. The standard InChI is InChI=1S/C12H21NO4S/c1-9(12(15)16)18(17)8-11(14)13(2)10-6-4-3-5-7-10/h9-10H,3-8H2,1-2H3,(H,15,16). The van der Waals surface area contributed by atoms with Crippen LogP contribution >= 0.6 is 0 Å². The lowest BCUT2D eigenvalue weighted by molar-refractivity contribution is -0.136. The molecule has 0 heterocycles. The van der Waals surface area contributed by atoms with Crippen molar-refractivity contribution < 1.29 is 18.9 Å². The third kappa shape index (κ3) is 4.08. The minimum absolute atomic E-state index is 0.194. The molecule has 0 aromatic carbocycles. The van der Waals surface area contributed by atoms with Gasteiger partial charge in [-0.15, -0.1) is 0 Å². The van der Waals surface area contributed by atoms with Crippen LogP contribution in [0, 0.1) is 0 Å². The Balaban J connectivity index is 2.48. The van der Waals surface area contributed by atoms with Gasteiger partial charge in [-0.1, -0.05) is 19.3 Å². The fourth-order valence-electron chi connectivity index (χ4n) is 2.13. The summed E-state index contributed by atoms with van der Waals surface area (Å²) in [5.41, 5.74) is 0. The molecule has 104 valence electrons. The first-order valence-electron chi connectivity index (χ1n) is 6.29. The molecule has 0 saturated heterocycles. The number of carboxylic acids is 1. The van der Waals surface area contributed by atoms with Gasteiger partial charge in [0.25, 0.3) is 0 Å². The first kappa shape index (κ1) is 15.1. The van der Waals surface area contributed by atoms with Crippen LogP contribution in [0.1, 0.15) is 39.0 Å². The highest BCUT2D eigenvalue weighted by atomic mass is 32.2. The zero-order valence-electron chi connectivity index (χ0n) is 10.9. The molecule has 18 heavy (non-hydrogen) atoms. The molecule has 5 nitrogen and oxygen atoms in total. The maximum atomic E-state index is 11.9. The molecule has 0 radical (unpaired) electrons. The molecule has 1 amide bonds. The van der Waals surface area contributed by atoms with Gasteiger partial charge >= 0.3 is 5.97 Å². The highest BCUT2D eigenvalue weighted by Crippen LogP contribution is 2.21. The Kier molecular flexibility index (Phi) is 5.78. The van der Waals surface area contributed by atoms with Crippen molar-refractivity contribution in [2.75, 3.05) is 12.8 Å². The number of hydrogen-bond acceptors (Lipinski definition) is 3. The van der Waals surface area contributed by atoms with Gasteiger partial charge in [-0.2, -0.15) is 0 Å². The fraction of sp³-hybridized carbons (Fsp3) is 0.833. The number of carbonyl (C=O) groups is 2. The van der Waals surface area contributed by atoms with Crippen molar-refractivity contribution in [3.8, 4) is 0 Å². The van der Waals surface area contributed by atoms with Crippen molar-refractivity contribution in [2.45, 2.75) is 50.3 Å². The highest BCUT2D eigenvalue weighted by Gasteiger charge is 2.26. The monoisotopic (exact) mass is 275 g/mol. The van der Waals surface area contributed by atoms with Crippen LogP contribution in [-0.4, -0.2) is 50.2 Å². The normalized spacial score (nSPS) is 20.1. The molecule has 2 atom stereocenters. The van der Waals surface area contributed by atoms with Crippen LogP contribution in [0.2, 0.25) is 0 Å². The molecule has 1 rings (SSSR count). The van der Waals surface area contributed by atoms with Gasteiger partial charge in [-0.25, -0.2) is 0 Å². The Morgan fingerprint density at radius 3 is 2.39 bits per heavy atom. The smallest absolute Gasteiger partial charge is 0.318 e. The minimum atomic E-state index is -1.64. The molecule has 0 spiro atoms. The van der Waals surface area contributed by atoms with Gasteiger partial charge < -0.3 is 10.0 Å². The van der Waals surface area contributed by atoms with Crippen molar-refractivity contribution in [1.82, 2.24) is 4.90 Å².